The average molecular weight is 576 g/mol. The molecule has 0 bridgehead atoms. The van der Waals surface area contributed by atoms with Crippen molar-refractivity contribution in [3.63, 3.8) is 0 Å². The minimum atomic E-state index is -1.82. The zero-order valence-corrected chi connectivity index (χ0v) is 22.0. The van der Waals surface area contributed by atoms with Gasteiger partial charge in [-0.1, -0.05) is 69.6 Å². The van der Waals surface area contributed by atoms with Crippen LogP contribution in [0.2, 0.25) is 0 Å². The van der Waals surface area contributed by atoms with Crippen LogP contribution in [0.1, 0.15) is 83.5 Å². The molecule has 2 N–H and O–H groups in total. The number of carboxylic acids is 2. The zero-order chi connectivity index (χ0) is 24.4. The smallest absolute Gasteiger partial charge is 0.665 e. The summed E-state index contributed by atoms with van der Waals surface area (Å²) in [6.45, 7) is 0.994. The van der Waals surface area contributed by atoms with Crippen LogP contribution in [0.5, 0.6) is 0 Å². The van der Waals surface area contributed by atoms with Gasteiger partial charge >= 0.3 is 31.4 Å². The van der Waals surface area contributed by atoms with Crippen LogP contribution in [0.25, 0.3) is 10.6 Å². The van der Waals surface area contributed by atoms with Crippen molar-refractivity contribution < 1.29 is 39.3 Å². The van der Waals surface area contributed by atoms with Gasteiger partial charge in [0.05, 0.1) is 12.1 Å². The SMILES string of the molecule is C1=C[N-]C(N=NC2CCCCC2)C=C1.C1CCC(N=NC2CCCC[N-]2)CC1.O=C(O)C(=O)O.[Ru+2]. The summed E-state index contributed by atoms with van der Waals surface area (Å²) in [4.78, 5) is 18.2. The Morgan fingerprint density at radius 1 is 0.686 bits per heavy atom. The first-order chi connectivity index (χ1) is 16.5. The Bertz CT molecular complexity index is 681. The van der Waals surface area contributed by atoms with E-state index in [1.165, 1.54) is 77.0 Å². The van der Waals surface area contributed by atoms with Gasteiger partial charge in [0.1, 0.15) is 0 Å². The standard InChI is InChI=1S/C11H20N3.C11H16N3.C2H2O4.Ru/c2*1-2-6-10(7-3-1)13-14-11-8-4-5-9-12-11;3-1(4)2(5)6;/h10-11H,1-9H2;4-5,8-11H,1-3,6-7H2;(H,3,4)(H,5,6);/q2*-1;;+2. The number of carbonyl (C=O) groups is 2. The van der Waals surface area contributed by atoms with Gasteiger partial charge in [0.2, 0.25) is 0 Å². The number of rotatable bonds is 4. The molecule has 4 aliphatic rings. The van der Waals surface area contributed by atoms with Crippen LogP contribution < -0.4 is 0 Å². The molecule has 2 atom stereocenters. The molecule has 4 rings (SSSR count). The predicted octanol–water partition coefficient (Wildman–Crippen LogP) is 6.36. The normalized spacial score (nSPS) is 24.9. The maximum Gasteiger partial charge on any atom is 2.00 e. The van der Waals surface area contributed by atoms with Crippen LogP contribution >= 0.6 is 0 Å². The Balaban J connectivity index is 0.000000280. The summed E-state index contributed by atoms with van der Waals surface area (Å²) in [5.41, 5.74) is 0. The zero-order valence-electron chi connectivity index (χ0n) is 20.3. The number of hydrogen-bond acceptors (Lipinski definition) is 6. The first-order valence-corrected chi connectivity index (χ1v) is 12.5. The summed E-state index contributed by atoms with van der Waals surface area (Å²) in [6.07, 6.45) is 24.3. The average Bonchev–Trinajstić information content (AvgIpc) is 2.89. The molecular weight excluding hydrogens is 537 g/mol. The van der Waals surface area contributed by atoms with Crippen LogP contribution in [0, 0.1) is 0 Å². The Labute approximate surface area is 221 Å². The number of nitrogens with zero attached hydrogens (tertiary/aromatic N) is 6. The summed E-state index contributed by atoms with van der Waals surface area (Å²) in [5, 5.41) is 40.8. The van der Waals surface area contributed by atoms with Gasteiger partial charge < -0.3 is 20.8 Å². The van der Waals surface area contributed by atoms with Crippen molar-refractivity contribution in [2.24, 2.45) is 20.5 Å². The molecule has 2 aliphatic carbocycles. The molecule has 10 nitrogen and oxygen atoms in total. The third-order valence-corrected chi connectivity index (χ3v) is 5.97. The van der Waals surface area contributed by atoms with Crippen molar-refractivity contribution >= 4 is 11.9 Å². The van der Waals surface area contributed by atoms with E-state index in [2.05, 4.69) is 31.1 Å². The van der Waals surface area contributed by atoms with Crippen molar-refractivity contribution in [2.45, 2.75) is 108 Å². The van der Waals surface area contributed by atoms with Gasteiger partial charge in [0.15, 0.2) is 0 Å². The molecule has 1 saturated heterocycles. The third kappa shape index (κ3) is 14.9. The van der Waals surface area contributed by atoms with Crippen molar-refractivity contribution in [3.05, 3.63) is 35.1 Å². The van der Waals surface area contributed by atoms with Crippen LogP contribution in [0.4, 0.5) is 0 Å². The maximum atomic E-state index is 9.10. The van der Waals surface area contributed by atoms with E-state index in [0.29, 0.717) is 12.1 Å². The van der Waals surface area contributed by atoms with E-state index in [9.17, 15) is 0 Å². The number of piperidine rings is 1. The molecule has 2 unspecified atom stereocenters. The monoisotopic (exact) mass is 576 g/mol. The molecule has 0 aromatic rings. The maximum absolute atomic E-state index is 9.10. The molecule has 0 aromatic heterocycles. The van der Waals surface area contributed by atoms with Crippen molar-refractivity contribution in [1.82, 2.24) is 0 Å². The topological polar surface area (TPSA) is 152 Å². The van der Waals surface area contributed by atoms with Crippen LogP contribution in [-0.4, -0.2) is 53.1 Å². The molecule has 0 amide bonds. The quantitative estimate of drug-likeness (QED) is 0.227. The largest absolute Gasteiger partial charge is 2.00 e. The second-order valence-electron chi connectivity index (χ2n) is 8.83. The van der Waals surface area contributed by atoms with Gasteiger partial charge in [0, 0.05) is 6.17 Å². The van der Waals surface area contributed by atoms with Crippen LogP contribution in [-0.2, 0) is 29.1 Å². The number of carboxylic acid groups (broad SMARTS) is 2. The van der Waals surface area contributed by atoms with E-state index in [0.717, 1.165) is 13.0 Å². The number of aliphatic carboxylic acids is 2. The Kier molecular flexibility index (Phi) is 17.0. The molecule has 2 aliphatic heterocycles. The minimum Gasteiger partial charge on any atom is -0.665 e. The Morgan fingerprint density at radius 3 is 1.69 bits per heavy atom. The predicted molar refractivity (Wildman–Crippen MR) is 130 cm³/mol. The van der Waals surface area contributed by atoms with E-state index < -0.39 is 11.9 Å². The summed E-state index contributed by atoms with van der Waals surface area (Å²) in [6, 6.07) is 0.971. The van der Waals surface area contributed by atoms with E-state index in [4.69, 9.17) is 19.8 Å². The minimum absolute atomic E-state index is 0. The fourth-order valence-corrected chi connectivity index (χ4v) is 4.06. The summed E-state index contributed by atoms with van der Waals surface area (Å²) >= 11 is 0. The van der Waals surface area contributed by atoms with Gasteiger partial charge in [-0.05, 0) is 38.3 Å². The number of azo groups is 2. The number of allylic oxidation sites excluding steroid dienone is 2. The van der Waals surface area contributed by atoms with Crippen molar-refractivity contribution in [3.8, 4) is 0 Å². The van der Waals surface area contributed by atoms with Gasteiger partial charge in [-0.3, -0.25) is 0 Å². The molecule has 11 heteroatoms. The molecule has 196 valence electrons. The molecule has 0 spiro atoms. The Hall–Kier alpha value is -2.00. The Morgan fingerprint density at radius 2 is 1.23 bits per heavy atom. The second kappa shape index (κ2) is 19.2. The second-order valence-corrected chi connectivity index (χ2v) is 8.83. The van der Waals surface area contributed by atoms with Gasteiger partial charge in [-0.25, -0.2) is 19.8 Å². The molecule has 35 heavy (non-hydrogen) atoms. The van der Waals surface area contributed by atoms with Crippen molar-refractivity contribution in [1.29, 1.82) is 0 Å². The summed E-state index contributed by atoms with van der Waals surface area (Å²) < 4.78 is 0. The molecule has 2 heterocycles. The first-order valence-electron chi connectivity index (χ1n) is 12.5. The molecule has 0 radical (unpaired) electrons. The van der Waals surface area contributed by atoms with Gasteiger partial charge in [0.25, 0.3) is 0 Å². The van der Waals surface area contributed by atoms with Crippen LogP contribution in [0.3, 0.4) is 0 Å². The van der Waals surface area contributed by atoms with E-state index in [-0.39, 0.29) is 31.8 Å². The molecule has 0 aromatic carbocycles. The van der Waals surface area contributed by atoms with Gasteiger partial charge in [-0.2, -0.15) is 16.4 Å². The molecule has 3 fully saturated rings. The summed E-state index contributed by atoms with van der Waals surface area (Å²) in [5.74, 6) is -3.65. The van der Waals surface area contributed by atoms with E-state index >= 15 is 0 Å². The molecule has 2 saturated carbocycles. The van der Waals surface area contributed by atoms with E-state index in [1.54, 1.807) is 6.20 Å². The molecular formula is C24H38N6O4Ru. The van der Waals surface area contributed by atoms with Gasteiger partial charge in [-0.15, -0.1) is 6.54 Å². The van der Waals surface area contributed by atoms with Crippen LogP contribution in [0.15, 0.2) is 44.9 Å². The third-order valence-electron chi connectivity index (χ3n) is 5.97. The van der Waals surface area contributed by atoms with Crippen molar-refractivity contribution in [2.75, 3.05) is 6.54 Å². The number of hydrogen-bond donors (Lipinski definition) is 2. The fraction of sp³-hybridized carbons (Fsp3) is 0.750. The summed E-state index contributed by atoms with van der Waals surface area (Å²) in [7, 11) is 0. The first kappa shape index (κ1) is 31.0. The fourth-order valence-electron chi connectivity index (χ4n) is 4.06. The van der Waals surface area contributed by atoms with E-state index in [1.807, 2.05) is 18.2 Å².